The molecule has 2 rings (SSSR count). The van der Waals surface area contributed by atoms with E-state index in [9.17, 15) is 13.2 Å². The summed E-state index contributed by atoms with van der Waals surface area (Å²) in [4.78, 5) is 14.2. The van der Waals surface area contributed by atoms with Gasteiger partial charge in [0.25, 0.3) is 15.0 Å². The number of hydrogen-bond acceptors (Lipinski definition) is 3. The molecule has 0 saturated carbocycles. The van der Waals surface area contributed by atoms with E-state index in [4.69, 9.17) is 10.7 Å². The van der Waals surface area contributed by atoms with Crippen molar-refractivity contribution in [2.45, 2.75) is 31.6 Å². The molecule has 1 aliphatic heterocycles. The van der Waals surface area contributed by atoms with E-state index in [0.717, 1.165) is 18.4 Å². The van der Waals surface area contributed by atoms with Crippen molar-refractivity contribution in [3.8, 4) is 0 Å². The van der Waals surface area contributed by atoms with Crippen LogP contribution in [0.1, 0.15) is 35.7 Å². The summed E-state index contributed by atoms with van der Waals surface area (Å²) in [6, 6.07) is 4.64. The van der Waals surface area contributed by atoms with Crippen LogP contribution < -0.4 is 0 Å². The van der Waals surface area contributed by atoms with Crippen LogP contribution in [0.2, 0.25) is 0 Å². The standard InChI is InChI=1S/C14H18ClNO3S/c1-10-5-6-13(20(15,18)19)12(8-10)14(17)16-7-3-4-11(2)9-16/h5-6,8,11H,3-4,7,9H2,1-2H3. The highest BCUT2D eigenvalue weighted by Crippen LogP contribution is 2.25. The summed E-state index contributed by atoms with van der Waals surface area (Å²) in [5.41, 5.74) is 1.01. The van der Waals surface area contributed by atoms with Gasteiger partial charge in [0.05, 0.1) is 10.5 Å². The van der Waals surface area contributed by atoms with Gasteiger partial charge in [-0.15, -0.1) is 0 Å². The Kier molecular flexibility index (Phi) is 4.39. The predicted octanol–water partition coefficient (Wildman–Crippen LogP) is 2.79. The van der Waals surface area contributed by atoms with E-state index in [0.29, 0.717) is 19.0 Å². The van der Waals surface area contributed by atoms with Crippen LogP contribution in [0.25, 0.3) is 0 Å². The van der Waals surface area contributed by atoms with Gasteiger partial charge in [-0.05, 0) is 37.8 Å². The first-order valence-corrected chi connectivity index (χ1v) is 8.94. The fraction of sp³-hybridized carbons (Fsp3) is 0.500. The summed E-state index contributed by atoms with van der Waals surface area (Å²) in [7, 11) is 1.51. The van der Waals surface area contributed by atoms with Gasteiger partial charge in [-0.3, -0.25) is 4.79 Å². The number of carbonyl (C=O) groups is 1. The monoisotopic (exact) mass is 315 g/mol. The van der Waals surface area contributed by atoms with Crippen molar-refractivity contribution >= 4 is 25.6 Å². The number of rotatable bonds is 2. The van der Waals surface area contributed by atoms with Gasteiger partial charge in [-0.25, -0.2) is 8.42 Å². The minimum absolute atomic E-state index is 0.104. The number of benzene rings is 1. The largest absolute Gasteiger partial charge is 0.338 e. The van der Waals surface area contributed by atoms with Gasteiger partial charge in [-0.2, -0.15) is 0 Å². The number of amides is 1. The lowest BCUT2D eigenvalue weighted by molar-refractivity contribution is 0.0679. The van der Waals surface area contributed by atoms with Gasteiger partial charge in [0.2, 0.25) is 0 Å². The zero-order valence-corrected chi connectivity index (χ0v) is 13.2. The fourth-order valence-electron chi connectivity index (χ4n) is 2.57. The molecule has 4 nitrogen and oxygen atoms in total. The van der Waals surface area contributed by atoms with Crippen LogP contribution in [-0.2, 0) is 9.05 Å². The molecule has 0 radical (unpaired) electrons. The first kappa shape index (κ1) is 15.3. The van der Waals surface area contributed by atoms with Crippen molar-refractivity contribution in [1.82, 2.24) is 4.90 Å². The fourth-order valence-corrected chi connectivity index (χ4v) is 3.61. The Morgan fingerprint density at radius 2 is 2.10 bits per heavy atom. The lowest BCUT2D eigenvalue weighted by Gasteiger charge is -2.31. The van der Waals surface area contributed by atoms with Crippen LogP contribution in [-0.4, -0.2) is 32.3 Å². The van der Waals surface area contributed by atoms with Gasteiger partial charge in [-0.1, -0.05) is 18.6 Å². The van der Waals surface area contributed by atoms with Crippen molar-refractivity contribution < 1.29 is 13.2 Å². The lowest BCUT2D eigenvalue weighted by atomic mass is 9.99. The molecule has 1 saturated heterocycles. The summed E-state index contributed by atoms with van der Waals surface area (Å²) in [5, 5.41) is 0. The molecule has 6 heteroatoms. The average Bonchev–Trinajstić information content (AvgIpc) is 2.36. The summed E-state index contributed by atoms with van der Waals surface area (Å²) in [5.74, 6) is 0.188. The lowest BCUT2D eigenvalue weighted by Crippen LogP contribution is -2.39. The molecule has 1 heterocycles. The average molecular weight is 316 g/mol. The molecule has 1 atom stereocenters. The van der Waals surface area contributed by atoms with E-state index in [1.54, 1.807) is 17.0 Å². The Labute approximate surface area is 124 Å². The molecule has 0 aliphatic carbocycles. The van der Waals surface area contributed by atoms with Crippen LogP contribution in [0.5, 0.6) is 0 Å². The zero-order chi connectivity index (χ0) is 14.9. The Hall–Kier alpha value is -1.07. The van der Waals surface area contributed by atoms with Gasteiger partial charge >= 0.3 is 0 Å². The third kappa shape index (κ3) is 3.33. The van der Waals surface area contributed by atoms with Gasteiger partial charge < -0.3 is 4.90 Å². The van der Waals surface area contributed by atoms with Crippen LogP contribution in [0, 0.1) is 12.8 Å². The molecule has 0 aromatic heterocycles. The minimum atomic E-state index is -3.92. The molecule has 20 heavy (non-hydrogen) atoms. The van der Waals surface area contributed by atoms with Crippen LogP contribution in [0.15, 0.2) is 23.1 Å². The maximum atomic E-state index is 12.6. The molecule has 0 N–H and O–H groups in total. The molecule has 1 aromatic carbocycles. The van der Waals surface area contributed by atoms with E-state index in [-0.39, 0.29) is 16.4 Å². The second kappa shape index (κ2) is 5.74. The van der Waals surface area contributed by atoms with E-state index >= 15 is 0 Å². The van der Waals surface area contributed by atoms with E-state index in [2.05, 4.69) is 6.92 Å². The second-order valence-corrected chi connectivity index (χ2v) is 7.97. The zero-order valence-electron chi connectivity index (χ0n) is 11.6. The number of nitrogens with zero attached hydrogens (tertiary/aromatic N) is 1. The molecule has 1 aromatic rings. The van der Waals surface area contributed by atoms with Gasteiger partial charge in [0.15, 0.2) is 0 Å². The molecule has 0 spiro atoms. The number of aryl methyl sites for hydroxylation is 1. The molecule has 110 valence electrons. The number of carbonyl (C=O) groups excluding carboxylic acids is 1. The van der Waals surface area contributed by atoms with Gasteiger partial charge in [0.1, 0.15) is 0 Å². The normalized spacial score (nSPS) is 19.9. The maximum absolute atomic E-state index is 12.6. The van der Waals surface area contributed by atoms with E-state index in [1.165, 1.54) is 6.07 Å². The van der Waals surface area contributed by atoms with Crippen molar-refractivity contribution in [3.63, 3.8) is 0 Å². The predicted molar refractivity (Wildman–Crippen MR) is 78.5 cm³/mol. The number of piperidine rings is 1. The van der Waals surface area contributed by atoms with Crippen molar-refractivity contribution in [3.05, 3.63) is 29.3 Å². The third-order valence-corrected chi connectivity index (χ3v) is 4.95. The van der Waals surface area contributed by atoms with Gasteiger partial charge in [0, 0.05) is 23.8 Å². The quantitative estimate of drug-likeness (QED) is 0.789. The smallest absolute Gasteiger partial charge is 0.262 e. The number of likely N-dealkylation sites (tertiary alicyclic amines) is 1. The second-order valence-electron chi connectivity index (χ2n) is 5.44. The molecular weight excluding hydrogens is 298 g/mol. The number of hydrogen-bond donors (Lipinski definition) is 0. The van der Waals surface area contributed by atoms with Crippen LogP contribution >= 0.6 is 10.7 Å². The Bertz CT molecular complexity index is 627. The van der Waals surface area contributed by atoms with E-state index < -0.39 is 9.05 Å². The van der Waals surface area contributed by atoms with Crippen molar-refractivity contribution in [2.75, 3.05) is 13.1 Å². The van der Waals surface area contributed by atoms with E-state index in [1.807, 2.05) is 6.92 Å². The first-order valence-electron chi connectivity index (χ1n) is 6.63. The molecule has 1 fully saturated rings. The minimum Gasteiger partial charge on any atom is -0.338 e. The molecular formula is C14H18ClNO3S. The topological polar surface area (TPSA) is 54.5 Å². The molecule has 1 aliphatic rings. The molecule has 1 amide bonds. The third-order valence-electron chi connectivity index (χ3n) is 3.57. The Morgan fingerprint density at radius 1 is 1.40 bits per heavy atom. The van der Waals surface area contributed by atoms with Crippen molar-refractivity contribution in [2.24, 2.45) is 5.92 Å². The summed E-state index contributed by atoms with van der Waals surface area (Å²) >= 11 is 0. The highest BCUT2D eigenvalue weighted by atomic mass is 35.7. The molecule has 0 bridgehead atoms. The highest BCUT2D eigenvalue weighted by Gasteiger charge is 2.27. The summed E-state index contributed by atoms with van der Waals surface area (Å²) in [6.45, 7) is 5.24. The Morgan fingerprint density at radius 3 is 2.70 bits per heavy atom. The van der Waals surface area contributed by atoms with Crippen LogP contribution in [0.4, 0.5) is 0 Å². The SMILES string of the molecule is Cc1ccc(S(=O)(=O)Cl)c(C(=O)N2CCCC(C)C2)c1. The molecule has 1 unspecified atom stereocenters. The summed E-state index contributed by atoms with van der Waals surface area (Å²) < 4.78 is 23.2. The Balaban J connectivity index is 2.41. The maximum Gasteiger partial charge on any atom is 0.262 e. The van der Waals surface area contributed by atoms with Crippen molar-refractivity contribution in [1.29, 1.82) is 0 Å². The summed E-state index contributed by atoms with van der Waals surface area (Å²) in [6.07, 6.45) is 2.04. The highest BCUT2D eigenvalue weighted by molar-refractivity contribution is 8.13. The number of halogens is 1. The first-order chi connectivity index (χ1) is 9.29. The van der Waals surface area contributed by atoms with Crippen LogP contribution in [0.3, 0.4) is 0 Å².